The Balaban J connectivity index is 1.47. The van der Waals surface area contributed by atoms with E-state index in [0.29, 0.717) is 0 Å². The summed E-state index contributed by atoms with van der Waals surface area (Å²) in [6.07, 6.45) is 0. The van der Waals surface area contributed by atoms with Crippen molar-refractivity contribution in [2.75, 3.05) is 31.1 Å². The smallest absolute Gasteiger partial charge is 0.255 e. The quantitative estimate of drug-likeness (QED) is 0.566. The van der Waals surface area contributed by atoms with E-state index in [4.69, 9.17) is 4.98 Å². The largest absolute Gasteiger partial charge is 0.353 e. The third-order valence-electron chi connectivity index (χ3n) is 4.58. The number of nitrogens with zero attached hydrogens (tertiary/aromatic N) is 3. The second kappa shape index (κ2) is 7.00. The molecule has 25 heavy (non-hydrogen) atoms. The summed E-state index contributed by atoms with van der Waals surface area (Å²) >= 11 is 2.23. The molecule has 3 aromatic rings. The second-order valence-corrected chi connectivity index (χ2v) is 7.28. The van der Waals surface area contributed by atoms with Gasteiger partial charge in [0, 0.05) is 35.1 Å². The van der Waals surface area contributed by atoms with Crippen molar-refractivity contribution in [3.05, 3.63) is 69.8 Å². The maximum atomic E-state index is 12.7. The van der Waals surface area contributed by atoms with Crippen LogP contribution in [0.15, 0.2) is 60.7 Å². The van der Waals surface area contributed by atoms with Gasteiger partial charge in [-0.25, -0.2) is 4.98 Å². The molecule has 0 saturated carbocycles. The molecular formula is C20H18IN3O. The van der Waals surface area contributed by atoms with Crippen molar-refractivity contribution < 1.29 is 4.79 Å². The zero-order valence-corrected chi connectivity index (χ0v) is 15.9. The standard InChI is InChI=1S/C20H18IN3O/c21-17-7-3-2-6-16(17)20(25)24-13-11-23(12-14-24)19-10-9-15-5-1-4-8-18(15)22-19/h1-10H,11-14H2. The Morgan fingerprint density at radius 3 is 2.40 bits per heavy atom. The summed E-state index contributed by atoms with van der Waals surface area (Å²) in [5.41, 5.74) is 1.80. The molecule has 0 atom stereocenters. The number of amides is 1. The highest BCUT2D eigenvalue weighted by atomic mass is 127. The molecule has 1 amide bonds. The van der Waals surface area contributed by atoms with Crippen LogP contribution in [0.1, 0.15) is 10.4 Å². The Bertz CT molecular complexity index is 919. The average Bonchev–Trinajstić information content (AvgIpc) is 2.67. The van der Waals surface area contributed by atoms with Crippen molar-refractivity contribution >= 4 is 45.2 Å². The van der Waals surface area contributed by atoms with E-state index < -0.39 is 0 Å². The molecular weight excluding hydrogens is 425 g/mol. The van der Waals surface area contributed by atoms with E-state index in [9.17, 15) is 4.79 Å². The molecule has 1 fully saturated rings. The molecule has 2 aromatic carbocycles. The van der Waals surface area contributed by atoms with E-state index in [1.54, 1.807) is 0 Å². The van der Waals surface area contributed by atoms with Crippen LogP contribution in [-0.2, 0) is 0 Å². The summed E-state index contributed by atoms with van der Waals surface area (Å²) in [5, 5.41) is 1.15. The maximum absolute atomic E-state index is 12.7. The minimum absolute atomic E-state index is 0.121. The fourth-order valence-electron chi connectivity index (χ4n) is 3.18. The van der Waals surface area contributed by atoms with Gasteiger partial charge in [-0.3, -0.25) is 4.79 Å². The normalized spacial score (nSPS) is 14.8. The van der Waals surface area contributed by atoms with Gasteiger partial charge in [-0.15, -0.1) is 0 Å². The van der Waals surface area contributed by atoms with Crippen LogP contribution in [0.5, 0.6) is 0 Å². The summed E-state index contributed by atoms with van der Waals surface area (Å²) in [6, 6.07) is 20.1. The van der Waals surface area contributed by atoms with Gasteiger partial charge in [-0.2, -0.15) is 0 Å². The first-order chi connectivity index (χ1) is 12.2. The predicted molar refractivity (Wildman–Crippen MR) is 109 cm³/mol. The molecule has 0 aliphatic carbocycles. The summed E-state index contributed by atoms with van der Waals surface area (Å²) in [4.78, 5) is 21.7. The molecule has 0 radical (unpaired) electrons. The number of benzene rings is 2. The highest BCUT2D eigenvalue weighted by Gasteiger charge is 2.23. The van der Waals surface area contributed by atoms with Crippen molar-refractivity contribution in [2.45, 2.75) is 0 Å². The Morgan fingerprint density at radius 1 is 0.880 bits per heavy atom. The van der Waals surface area contributed by atoms with Gasteiger partial charge >= 0.3 is 0 Å². The van der Waals surface area contributed by atoms with Crippen molar-refractivity contribution in [3.63, 3.8) is 0 Å². The number of carbonyl (C=O) groups excluding carboxylic acids is 1. The molecule has 5 heteroatoms. The fraction of sp³-hybridized carbons (Fsp3) is 0.200. The Hall–Kier alpha value is -2.15. The van der Waals surface area contributed by atoms with E-state index in [1.807, 2.05) is 47.4 Å². The van der Waals surface area contributed by atoms with E-state index in [-0.39, 0.29) is 5.91 Å². The molecule has 4 nitrogen and oxygen atoms in total. The maximum Gasteiger partial charge on any atom is 0.255 e. The lowest BCUT2D eigenvalue weighted by Crippen LogP contribution is -2.49. The SMILES string of the molecule is O=C(c1ccccc1I)N1CCN(c2ccc3ccccc3n2)CC1. The fourth-order valence-corrected chi connectivity index (χ4v) is 3.79. The van der Waals surface area contributed by atoms with Crippen molar-refractivity contribution in [3.8, 4) is 0 Å². The van der Waals surface area contributed by atoms with Crippen LogP contribution in [0.3, 0.4) is 0 Å². The third kappa shape index (κ3) is 3.33. The van der Waals surface area contributed by atoms with Crippen LogP contribution in [0.4, 0.5) is 5.82 Å². The number of hydrogen-bond acceptors (Lipinski definition) is 3. The Labute approximate surface area is 160 Å². The van der Waals surface area contributed by atoms with Crippen molar-refractivity contribution in [1.29, 1.82) is 0 Å². The lowest BCUT2D eigenvalue weighted by Gasteiger charge is -2.35. The number of pyridine rings is 1. The number of anilines is 1. The van der Waals surface area contributed by atoms with Gasteiger partial charge < -0.3 is 9.80 Å². The number of fused-ring (bicyclic) bond motifs is 1. The number of carbonyl (C=O) groups is 1. The van der Waals surface area contributed by atoms with Crippen LogP contribution in [0.25, 0.3) is 10.9 Å². The molecule has 1 aliphatic rings. The molecule has 1 saturated heterocycles. The van der Waals surface area contributed by atoms with Crippen LogP contribution in [0.2, 0.25) is 0 Å². The average molecular weight is 443 g/mol. The van der Waals surface area contributed by atoms with Crippen LogP contribution >= 0.6 is 22.6 Å². The van der Waals surface area contributed by atoms with Gasteiger partial charge in [0.2, 0.25) is 0 Å². The Morgan fingerprint density at radius 2 is 1.60 bits per heavy atom. The van der Waals surface area contributed by atoms with Crippen LogP contribution < -0.4 is 4.90 Å². The third-order valence-corrected chi connectivity index (χ3v) is 5.52. The number of rotatable bonds is 2. The number of halogens is 1. The van der Waals surface area contributed by atoms with Crippen molar-refractivity contribution in [1.82, 2.24) is 9.88 Å². The van der Waals surface area contributed by atoms with Crippen molar-refractivity contribution in [2.24, 2.45) is 0 Å². The van der Waals surface area contributed by atoms with Gasteiger partial charge in [0.1, 0.15) is 5.82 Å². The van der Waals surface area contributed by atoms with Gasteiger partial charge in [-0.05, 0) is 52.9 Å². The second-order valence-electron chi connectivity index (χ2n) is 6.12. The predicted octanol–water partition coefficient (Wildman–Crippen LogP) is 3.80. The molecule has 0 unspecified atom stereocenters. The van der Waals surface area contributed by atoms with Crippen LogP contribution in [0, 0.1) is 3.57 Å². The molecule has 126 valence electrons. The van der Waals surface area contributed by atoms with Gasteiger partial charge in [0.05, 0.1) is 11.1 Å². The summed E-state index contributed by atoms with van der Waals surface area (Å²) in [6.45, 7) is 3.05. The highest BCUT2D eigenvalue weighted by Crippen LogP contribution is 2.20. The molecule has 4 rings (SSSR count). The first kappa shape index (κ1) is 16.3. The number of aromatic nitrogens is 1. The van der Waals surface area contributed by atoms with Gasteiger partial charge in [0.25, 0.3) is 5.91 Å². The Kier molecular flexibility index (Phi) is 4.57. The minimum atomic E-state index is 0.121. The van der Waals surface area contributed by atoms with E-state index in [1.165, 1.54) is 0 Å². The summed E-state index contributed by atoms with van der Waals surface area (Å²) < 4.78 is 1.00. The molecule has 1 aliphatic heterocycles. The number of para-hydroxylation sites is 1. The molecule has 2 heterocycles. The molecule has 1 aromatic heterocycles. The minimum Gasteiger partial charge on any atom is -0.353 e. The van der Waals surface area contributed by atoms with E-state index >= 15 is 0 Å². The molecule has 0 N–H and O–H groups in total. The van der Waals surface area contributed by atoms with Gasteiger partial charge in [-0.1, -0.05) is 30.3 Å². The lowest BCUT2D eigenvalue weighted by atomic mass is 10.1. The summed E-state index contributed by atoms with van der Waals surface area (Å²) in [5.74, 6) is 1.11. The number of hydrogen-bond donors (Lipinski definition) is 0. The lowest BCUT2D eigenvalue weighted by molar-refractivity contribution is 0.0745. The van der Waals surface area contributed by atoms with Gasteiger partial charge in [0.15, 0.2) is 0 Å². The van der Waals surface area contributed by atoms with E-state index in [0.717, 1.165) is 52.0 Å². The first-order valence-electron chi connectivity index (χ1n) is 8.37. The highest BCUT2D eigenvalue weighted by molar-refractivity contribution is 14.1. The zero-order valence-electron chi connectivity index (χ0n) is 13.7. The topological polar surface area (TPSA) is 36.4 Å². The zero-order chi connectivity index (χ0) is 17.2. The number of piperazine rings is 1. The molecule has 0 bridgehead atoms. The molecule has 0 spiro atoms. The van der Waals surface area contributed by atoms with E-state index in [2.05, 4.69) is 45.7 Å². The first-order valence-corrected chi connectivity index (χ1v) is 9.45. The van der Waals surface area contributed by atoms with Crippen LogP contribution in [-0.4, -0.2) is 42.0 Å². The monoisotopic (exact) mass is 443 g/mol. The summed E-state index contributed by atoms with van der Waals surface area (Å²) in [7, 11) is 0.